The molecule has 1 aromatic rings. The van der Waals surface area contributed by atoms with Crippen LogP contribution < -0.4 is 4.74 Å². The fourth-order valence-electron chi connectivity index (χ4n) is 1.17. The number of hydrogen-bond acceptors (Lipinski definition) is 4. The second-order valence-electron chi connectivity index (χ2n) is 3.13. The molecule has 4 heteroatoms. The highest BCUT2D eigenvalue weighted by atomic mass is 16.5. The van der Waals surface area contributed by atoms with E-state index in [4.69, 9.17) is 9.84 Å². The van der Waals surface area contributed by atoms with E-state index in [1.54, 1.807) is 24.3 Å². The van der Waals surface area contributed by atoms with Gasteiger partial charge in [-0.25, -0.2) is 4.79 Å². The van der Waals surface area contributed by atoms with Crippen molar-refractivity contribution in [3.8, 4) is 17.6 Å². The van der Waals surface area contributed by atoms with Gasteiger partial charge in [-0.2, -0.15) is 0 Å². The highest BCUT2D eigenvalue weighted by Gasteiger charge is 2.04. The molecule has 0 bridgehead atoms. The van der Waals surface area contributed by atoms with Crippen molar-refractivity contribution in [3.05, 3.63) is 29.8 Å². The number of carbonyl (C=O) groups excluding carboxylic acids is 1. The van der Waals surface area contributed by atoms with Gasteiger partial charge in [-0.3, -0.25) is 0 Å². The Morgan fingerprint density at radius 1 is 1.29 bits per heavy atom. The number of methoxy groups -OCH3 is 1. The molecule has 0 aliphatic rings. The smallest absolute Gasteiger partial charge is 0.337 e. The summed E-state index contributed by atoms with van der Waals surface area (Å²) in [5, 5.41) is 8.43. The summed E-state index contributed by atoms with van der Waals surface area (Å²) < 4.78 is 9.96. The molecule has 0 atom stereocenters. The summed E-state index contributed by atoms with van der Waals surface area (Å²) in [7, 11) is 1.34. The van der Waals surface area contributed by atoms with Gasteiger partial charge in [0.1, 0.15) is 12.4 Å². The minimum Gasteiger partial charge on any atom is -0.493 e. The van der Waals surface area contributed by atoms with Gasteiger partial charge in [-0.1, -0.05) is 11.8 Å². The monoisotopic (exact) mass is 234 g/mol. The molecular formula is C13H14O4. The highest BCUT2D eigenvalue weighted by Crippen LogP contribution is 2.12. The average Bonchev–Trinajstić information content (AvgIpc) is 2.38. The molecule has 0 spiro atoms. The second-order valence-corrected chi connectivity index (χ2v) is 3.13. The molecule has 0 saturated heterocycles. The van der Waals surface area contributed by atoms with E-state index in [0.29, 0.717) is 24.3 Å². The molecule has 90 valence electrons. The summed E-state index contributed by atoms with van der Waals surface area (Å²) >= 11 is 0. The second kappa shape index (κ2) is 7.31. The lowest BCUT2D eigenvalue weighted by molar-refractivity contribution is 0.0600. The summed E-state index contributed by atoms with van der Waals surface area (Å²) in [6, 6.07) is 6.68. The molecule has 0 heterocycles. The van der Waals surface area contributed by atoms with E-state index in [-0.39, 0.29) is 12.6 Å². The van der Waals surface area contributed by atoms with Crippen LogP contribution in [0.5, 0.6) is 5.75 Å². The zero-order chi connectivity index (χ0) is 12.5. The maximum Gasteiger partial charge on any atom is 0.337 e. The maximum absolute atomic E-state index is 11.2. The lowest BCUT2D eigenvalue weighted by Crippen LogP contribution is -2.01. The van der Waals surface area contributed by atoms with E-state index in [2.05, 4.69) is 16.6 Å². The van der Waals surface area contributed by atoms with Crippen LogP contribution in [0.3, 0.4) is 0 Å². The maximum atomic E-state index is 11.2. The van der Waals surface area contributed by atoms with Crippen molar-refractivity contribution >= 4 is 5.97 Å². The third-order valence-electron chi connectivity index (χ3n) is 1.98. The van der Waals surface area contributed by atoms with Crippen molar-refractivity contribution in [1.29, 1.82) is 0 Å². The van der Waals surface area contributed by atoms with Crippen LogP contribution in [-0.4, -0.2) is 31.4 Å². The molecule has 0 aliphatic heterocycles. The zero-order valence-electron chi connectivity index (χ0n) is 9.60. The summed E-state index contributed by atoms with van der Waals surface area (Å²) in [5.41, 5.74) is 0.486. The van der Waals surface area contributed by atoms with Gasteiger partial charge in [-0.15, -0.1) is 0 Å². The fraction of sp³-hybridized carbons (Fsp3) is 0.308. The molecule has 0 amide bonds. The van der Waals surface area contributed by atoms with Gasteiger partial charge >= 0.3 is 5.97 Å². The van der Waals surface area contributed by atoms with Crippen LogP contribution in [-0.2, 0) is 4.74 Å². The van der Waals surface area contributed by atoms with Crippen LogP contribution in [0.15, 0.2) is 24.3 Å². The number of esters is 1. The predicted molar refractivity (Wildman–Crippen MR) is 62.8 cm³/mol. The number of ether oxygens (including phenoxy) is 2. The lowest BCUT2D eigenvalue weighted by Gasteiger charge is -2.04. The molecular weight excluding hydrogens is 220 g/mol. The number of carbonyl (C=O) groups is 1. The van der Waals surface area contributed by atoms with Crippen LogP contribution in [0.25, 0.3) is 0 Å². The van der Waals surface area contributed by atoms with Gasteiger partial charge < -0.3 is 14.6 Å². The van der Waals surface area contributed by atoms with Gasteiger partial charge in [0, 0.05) is 6.42 Å². The first-order valence-corrected chi connectivity index (χ1v) is 5.15. The Bertz CT molecular complexity index is 411. The van der Waals surface area contributed by atoms with Gasteiger partial charge in [0.25, 0.3) is 0 Å². The van der Waals surface area contributed by atoms with Crippen molar-refractivity contribution < 1.29 is 19.4 Å². The predicted octanol–water partition coefficient (Wildman–Crippen LogP) is 1.24. The minimum atomic E-state index is -0.370. The van der Waals surface area contributed by atoms with Gasteiger partial charge in [0.15, 0.2) is 0 Å². The molecule has 0 fully saturated rings. The van der Waals surface area contributed by atoms with Crippen molar-refractivity contribution in [2.75, 3.05) is 20.3 Å². The number of hydrogen-bond donors (Lipinski definition) is 1. The molecule has 17 heavy (non-hydrogen) atoms. The van der Waals surface area contributed by atoms with E-state index >= 15 is 0 Å². The number of aliphatic hydroxyl groups is 1. The van der Waals surface area contributed by atoms with Gasteiger partial charge in [0.05, 0.1) is 19.3 Å². The fourth-order valence-corrected chi connectivity index (χ4v) is 1.17. The van der Waals surface area contributed by atoms with Crippen LogP contribution in [0.4, 0.5) is 0 Å². The van der Waals surface area contributed by atoms with Crippen molar-refractivity contribution in [1.82, 2.24) is 0 Å². The topological polar surface area (TPSA) is 55.8 Å². The largest absolute Gasteiger partial charge is 0.493 e. The van der Waals surface area contributed by atoms with E-state index < -0.39 is 0 Å². The number of rotatable bonds is 4. The van der Waals surface area contributed by atoms with Crippen LogP contribution in [0.1, 0.15) is 16.8 Å². The van der Waals surface area contributed by atoms with E-state index in [9.17, 15) is 4.79 Å². The lowest BCUT2D eigenvalue weighted by atomic mass is 10.2. The molecule has 1 rings (SSSR count). The Kier molecular flexibility index (Phi) is 5.62. The third kappa shape index (κ3) is 4.58. The van der Waals surface area contributed by atoms with E-state index in [1.165, 1.54) is 7.11 Å². The van der Waals surface area contributed by atoms with E-state index in [0.717, 1.165) is 0 Å². The highest BCUT2D eigenvalue weighted by molar-refractivity contribution is 5.89. The molecule has 1 aromatic carbocycles. The first-order chi connectivity index (χ1) is 8.27. The van der Waals surface area contributed by atoms with Crippen molar-refractivity contribution in [2.24, 2.45) is 0 Å². The number of aliphatic hydroxyl groups excluding tert-OH is 1. The first-order valence-electron chi connectivity index (χ1n) is 5.15. The average molecular weight is 234 g/mol. The summed E-state index contributed by atoms with van der Waals surface area (Å²) in [6.07, 6.45) is 0.555. The first kappa shape index (κ1) is 13.1. The van der Waals surface area contributed by atoms with Gasteiger partial charge in [0.2, 0.25) is 0 Å². The normalized spacial score (nSPS) is 9.06. The zero-order valence-corrected chi connectivity index (χ0v) is 9.60. The summed E-state index contributed by atoms with van der Waals surface area (Å²) in [6.45, 7) is 0.318. The van der Waals surface area contributed by atoms with Crippen LogP contribution in [0, 0.1) is 11.8 Å². The Labute approximate surface area is 100 Å². The van der Waals surface area contributed by atoms with Crippen molar-refractivity contribution in [2.45, 2.75) is 6.42 Å². The Morgan fingerprint density at radius 2 is 2.00 bits per heavy atom. The minimum absolute atomic E-state index is 0.131. The summed E-state index contributed by atoms with van der Waals surface area (Å²) in [5.74, 6) is 5.58. The molecule has 0 aromatic heterocycles. The summed E-state index contributed by atoms with van der Waals surface area (Å²) in [4.78, 5) is 11.2. The number of benzene rings is 1. The Hall–Kier alpha value is -1.99. The molecule has 0 aliphatic carbocycles. The molecule has 1 N–H and O–H groups in total. The van der Waals surface area contributed by atoms with Crippen molar-refractivity contribution in [3.63, 3.8) is 0 Å². The standard InChI is InChI=1S/C13H14O4/c1-16-13(15)11-5-7-12(8-6-11)17-10-4-2-3-9-14/h5-8,14H,4,9-10H2,1H3. The Balaban J connectivity index is 2.43. The Morgan fingerprint density at radius 3 is 2.59 bits per heavy atom. The quantitative estimate of drug-likeness (QED) is 0.484. The molecule has 0 radical (unpaired) electrons. The third-order valence-corrected chi connectivity index (χ3v) is 1.98. The van der Waals surface area contributed by atoms with E-state index in [1.807, 2.05) is 0 Å². The van der Waals surface area contributed by atoms with Crippen LogP contribution >= 0.6 is 0 Å². The molecule has 4 nitrogen and oxygen atoms in total. The molecule has 0 unspecified atom stereocenters. The molecule has 0 saturated carbocycles. The van der Waals surface area contributed by atoms with Crippen LogP contribution in [0.2, 0.25) is 0 Å². The SMILES string of the molecule is COC(=O)c1ccc(OCCC#CCO)cc1. The van der Waals surface area contributed by atoms with Gasteiger partial charge in [-0.05, 0) is 24.3 Å².